The van der Waals surface area contributed by atoms with Crippen molar-refractivity contribution in [3.63, 3.8) is 0 Å². The van der Waals surface area contributed by atoms with Crippen LogP contribution < -0.4 is 4.72 Å². The number of hydrogen-bond donors (Lipinski definition) is 2. The van der Waals surface area contributed by atoms with Crippen molar-refractivity contribution in [2.45, 2.75) is 19.8 Å². The molecule has 2 aromatic rings. The van der Waals surface area contributed by atoms with Crippen LogP contribution in [0.2, 0.25) is 0 Å². The molecule has 5 nitrogen and oxygen atoms in total. The van der Waals surface area contributed by atoms with Crippen LogP contribution in [-0.4, -0.2) is 24.4 Å². The second-order valence-corrected chi connectivity index (χ2v) is 6.55. The Kier molecular flexibility index (Phi) is 4.74. The third-order valence-corrected chi connectivity index (χ3v) is 4.24. The Bertz CT molecular complexity index is 760. The summed E-state index contributed by atoms with van der Waals surface area (Å²) < 4.78 is 64.6. The summed E-state index contributed by atoms with van der Waals surface area (Å²) in [5.41, 5.74) is -0.186. The second-order valence-electron chi connectivity index (χ2n) is 4.71. The Morgan fingerprint density at radius 2 is 2.09 bits per heavy atom. The SMILES string of the molecule is Cc1[nH]nc(C(F)F)c1NS(=O)(=O)CCc1cccc(F)c1. The van der Waals surface area contributed by atoms with E-state index in [2.05, 4.69) is 14.9 Å². The lowest BCUT2D eigenvalue weighted by Gasteiger charge is -2.09. The van der Waals surface area contributed by atoms with E-state index >= 15 is 0 Å². The number of halogens is 3. The lowest BCUT2D eigenvalue weighted by atomic mass is 10.2. The van der Waals surface area contributed by atoms with Crippen molar-refractivity contribution in [2.24, 2.45) is 0 Å². The largest absolute Gasteiger partial charge is 0.284 e. The number of rotatable bonds is 6. The van der Waals surface area contributed by atoms with Gasteiger partial charge in [-0.2, -0.15) is 5.10 Å². The molecule has 0 amide bonds. The van der Waals surface area contributed by atoms with E-state index in [1.54, 1.807) is 6.07 Å². The molecule has 120 valence electrons. The third kappa shape index (κ3) is 4.00. The van der Waals surface area contributed by atoms with Crippen molar-refractivity contribution in [2.75, 3.05) is 10.5 Å². The maximum absolute atomic E-state index is 13.0. The summed E-state index contributed by atoms with van der Waals surface area (Å²) in [5, 5.41) is 5.69. The normalized spacial score (nSPS) is 11.9. The summed E-state index contributed by atoms with van der Waals surface area (Å²) in [4.78, 5) is 0. The second kappa shape index (κ2) is 6.39. The Hall–Kier alpha value is -2.03. The van der Waals surface area contributed by atoms with Crippen molar-refractivity contribution < 1.29 is 21.6 Å². The number of sulfonamides is 1. The van der Waals surface area contributed by atoms with Gasteiger partial charge < -0.3 is 0 Å². The van der Waals surface area contributed by atoms with Gasteiger partial charge in [-0.3, -0.25) is 9.82 Å². The molecule has 1 aromatic carbocycles. The fourth-order valence-electron chi connectivity index (χ4n) is 1.89. The Morgan fingerprint density at radius 1 is 1.36 bits per heavy atom. The number of alkyl halides is 2. The molecule has 2 N–H and O–H groups in total. The van der Waals surface area contributed by atoms with Crippen molar-refractivity contribution in [3.05, 3.63) is 47.0 Å². The van der Waals surface area contributed by atoms with Crippen LogP contribution in [-0.2, 0) is 16.4 Å². The highest BCUT2D eigenvalue weighted by Crippen LogP contribution is 2.28. The maximum atomic E-state index is 13.0. The number of anilines is 1. The highest BCUT2D eigenvalue weighted by molar-refractivity contribution is 7.92. The summed E-state index contributed by atoms with van der Waals surface area (Å²) in [7, 11) is -3.86. The number of aryl methyl sites for hydroxylation is 2. The van der Waals surface area contributed by atoms with E-state index in [-0.39, 0.29) is 23.6 Å². The number of aromatic nitrogens is 2. The Balaban J connectivity index is 2.10. The van der Waals surface area contributed by atoms with E-state index < -0.39 is 28.0 Å². The third-order valence-electron chi connectivity index (χ3n) is 2.99. The zero-order chi connectivity index (χ0) is 16.3. The van der Waals surface area contributed by atoms with Crippen LogP contribution in [0.5, 0.6) is 0 Å². The summed E-state index contributed by atoms with van der Waals surface area (Å²) in [6.45, 7) is 1.43. The minimum Gasteiger partial charge on any atom is -0.280 e. The summed E-state index contributed by atoms with van der Waals surface area (Å²) in [6.07, 6.45) is -2.83. The van der Waals surface area contributed by atoms with E-state index in [0.29, 0.717) is 5.56 Å². The quantitative estimate of drug-likeness (QED) is 0.853. The predicted molar refractivity (Wildman–Crippen MR) is 75.8 cm³/mol. The molecule has 22 heavy (non-hydrogen) atoms. The van der Waals surface area contributed by atoms with Crippen LogP contribution in [0, 0.1) is 12.7 Å². The molecule has 1 heterocycles. The van der Waals surface area contributed by atoms with E-state index in [4.69, 9.17) is 0 Å². The van der Waals surface area contributed by atoms with E-state index in [1.165, 1.54) is 25.1 Å². The standard InChI is InChI=1S/C13H14F3N3O2S/c1-8-11(12(13(15)16)18-17-8)19-22(20,21)6-5-9-3-2-4-10(14)7-9/h2-4,7,13,19H,5-6H2,1H3,(H,17,18). The van der Waals surface area contributed by atoms with Gasteiger partial charge in [-0.1, -0.05) is 12.1 Å². The number of nitrogens with zero attached hydrogens (tertiary/aromatic N) is 1. The number of aromatic amines is 1. The Labute approximate surface area is 125 Å². The van der Waals surface area contributed by atoms with Gasteiger partial charge in [-0.15, -0.1) is 0 Å². The Morgan fingerprint density at radius 3 is 2.73 bits per heavy atom. The molecular formula is C13H14F3N3O2S. The molecule has 0 spiro atoms. The number of H-pyrrole nitrogens is 1. The van der Waals surface area contributed by atoms with Gasteiger partial charge in [0, 0.05) is 0 Å². The first-order chi connectivity index (χ1) is 10.3. The number of benzene rings is 1. The molecule has 0 fully saturated rings. The maximum Gasteiger partial charge on any atom is 0.284 e. The van der Waals surface area contributed by atoms with Gasteiger partial charge in [-0.05, 0) is 31.0 Å². The molecule has 1 aromatic heterocycles. The molecule has 0 radical (unpaired) electrons. The lowest BCUT2D eigenvalue weighted by molar-refractivity contribution is 0.147. The van der Waals surface area contributed by atoms with Gasteiger partial charge in [-0.25, -0.2) is 21.6 Å². The fraction of sp³-hybridized carbons (Fsp3) is 0.308. The van der Waals surface area contributed by atoms with Crippen LogP contribution >= 0.6 is 0 Å². The molecule has 0 bridgehead atoms. The monoisotopic (exact) mass is 333 g/mol. The van der Waals surface area contributed by atoms with Gasteiger partial charge in [0.2, 0.25) is 10.0 Å². The fourth-order valence-corrected chi connectivity index (χ4v) is 3.06. The van der Waals surface area contributed by atoms with Gasteiger partial charge in [0.1, 0.15) is 5.82 Å². The molecule has 0 saturated heterocycles. The summed E-state index contributed by atoms with van der Waals surface area (Å²) in [6, 6.07) is 5.54. The molecule has 0 atom stereocenters. The van der Waals surface area contributed by atoms with Crippen LogP contribution in [0.4, 0.5) is 18.9 Å². The summed E-state index contributed by atoms with van der Waals surface area (Å²) >= 11 is 0. The zero-order valence-corrected chi connectivity index (χ0v) is 12.4. The number of nitrogens with one attached hydrogen (secondary N) is 2. The average molecular weight is 333 g/mol. The van der Waals surface area contributed by atoms with Crippen LogP contribution in [0.25, 0.3) is 0 Å². The first-order valence-corrected chi connectivity index (χ1v) is 8.01. The molecule has 0 aliphatic rings. The van der Waals surface area contributed by atoms with Crippen molar-refractivity contribution in [1.29, 1.82) is 0 Å². The smallest absolute Gasteiger partial charge is 0.280 e. The summed E-state index contributed by atoms with van der Waals surface area (Å²) in [5.74, 6) is -0.822. The van der Waals surface area contributed by atoms with Crippen molar-refractivity contribution in [1.82, 2.24) is 10.2 Å². The molecule has 0 aliphatic carbocycles. The van der Waals surface area contributed by atoms with Crippen LogP contribution in [0.3, 0.4) is 0 Å². The van der Waals surface area contributed by atoms with Crippen LogP contribution in [0.15, 0.2) is 24.3 Å². The molecule has 2 rings (SSSR count). The highest BCUT2D eigenvalue weighted by atomic mass is 32.2. The lowest BCUT2D eigenvalue weighted by Crippen LogP contribution is -2.19. The molecule has 9 heteroatoms. The first-order valence-electron chi connectivity index (χ1n) is 6.36. The topological polar surface area (TPSA) is 74.8 Å². The first kappa shape index (κ1) is 16.3. The van der Waals surface area contributed by atoms with Crippen LogP contribution in [0.1, 0.15) is 23.4 Å². The molecule has 0 unspecified atom stereocenters. The van der Waals surface area contributed by atoms with Gasteiger partial charge in [0.25, 0.3) is 6.43 Å². The van der Waals surface area contributed by atoms with E-state index in [0.717, 1.165) is 0 Å². The average Bonchev–Trinajstić information content (AvgIpc) is 2.78. The molecule has 0 aliphatic heterocycles. The van der Waals surface area contributed by atoms with Gasteiger partial charge in [0.15, 0.2) is 5.69 Å². The van der Waals surface area contributed by atoms with E-state index in [1.807, 2.05) is 0 Å². The molecule has 0 saturated carbocycles. The van der Waals surface area contributed by atoms with E-state index in [9.17, 15) is 21.6 Å². The minimum atomic E-state index is -3.86. The zero-order valence-electron chi connectivity index (χ0n) is 11.6. The van der Waals surface area contributed by atoms with Gasteiger partial charge in [0.05, 0.1) is 17.1 Å². The van der Waals surface area contributed by atoms with Gasteiger partial charge >= 0.3 is 0 Å². The molecular weight excluding hydrogens is 319 g/mol. The minimum absolute atomic E-state index is 0.0635. The predicted octanol–water partition coefficient (Wildman–Crippen LogP) is 2.78. The van der Waals surface area contributed by atoms with Crippen molar-refractivity contribution >= 4 is 15.7 Å². The van der Waals surface area contributed by atoms with Crippen molar-refractivity contribution in [3.8, 4) is 0 Å². The highest BCUT2D eigenvalue weighted by Gasteiger charge is 2.23. The number of hydrogen-bond acceptors (Lipinski definition) is 3.